The van der Waals surface area contributed by atoms with Crippen molar-refractivity contribution in [2.75, 3.05) is 5.75 Å². The van der Waals surface area contributed by atoms with Gasteiger partial charge in [0.25, 0.3) is 0 Å². The third-order valence-electron chi connectivity index (χ3n) is 1.53. The summed E-state index contributed by atoms with van der Waals surface area (Å²) >= 11 is 1.76. The molecule has 2 nitrogen and oxygen atoms in total. The van der Waals surface area contributed by atoms with Crippen LogP contribution in [0.2, 0.25) is 0 Å². The first-order valence-electron chi connectivity index (χ1n) is 3.15. The lowest BCUT2D eigenvalue weighted by atomic mass is 10.3. The molecule has 1 saturated heterocycles. The van der Waals surface area contributed by atoms with E-state index in [1.54, 1.807) is 11.8 Å². The molecule has 0 spiro atoms. The molecule has 1 fully saturated rings. The van der Waals surface area contributed by atoms with Crippen LogP contribution in [-0.4, -0.2) is 28.5 Å². The molecule has 9 heavy (non-hydrogen) atoms. The zero-order valence-corrected chi connectivity index (χ0v) is 6.52. The largest absolute Gasteiger partial charge is 0.367 e. The SMILES string of the molecule is CC1OC(O)CSC1C. The monoisotopic (exact) mass is 148 g/mol. The van der Waals surface area contributed by atoms with Crippen LogP contribution in [0.5, 0.6) is 0 Å². The molecule has 0 amide bonds. The quantitative estimate of drug-likeness (QED) is 0.552. The van der Waals surface area contributed by atoms with E-state index in [9.17, 15) is 0 Å². The minimum Gasteiger partial charge on any atom is -0.367 e. The van der Waals surface area contributed by atoms with Crippen LogP contribution in [-0.2, 0) is 4.74 Å². The number of hydrogen-bond donors (Lipinski definition) is 1. The van der Waals surface area contributed by atoms with Gasteiger partial charge in [0.1, 0.15) is 0 Å². The second kappa shape index (κ2) is 2.90. The van der Waals surface area contributed by atoms with Crippen LogP contribution in [0.25, 0.3) is 0 Å². The van der Waals surface area contributed by atoms with Crippen molar-refractivity contribution >= 4 is 11.8 Å². The van der Waals surface area contributed by atoms with Crippen molar-refractivity contribution in [1.82, 2.24) is 0 Å². The summed E-state index contributed by atoms with van der Waals surface area (Å²) in [6.45, 7) is 4.10. The zero-order valence-electron chi connectivity index (χ0n) is 5.70. The molecule has 1 rings (SSSR count). The summed E-state index contributed by atoms with van der Waals surface area (Å²) in [7, 11) is 0. The second-order valence-corrected chi connectivity index (χ2v) is 3.74. The predicted molar refractivity (Wildman–Crippen MR) is 38.5 cm³/mol. The molecular formula is C6H12O2S. The minimum absolute atomic E-state index is 0.193. The summed E-state index contributed by atoms with van der Waals surface area (Å²) in [5.74, 6) is 0.714. The van der Waals surface area contributed by atoms with Crippen LogP contribution in [0, 0.1) is 0 Å². The molecule has 0 aromatic heterocycles. The lowest BCUT2D eigenvalue weighted by molar-refractivity contribution is -0.119. The van der Waals surface area contributed by atoms with Gasteiger partial charge in [-0.3, -0.25) is 0 Å². The molecule has 0 aliphatic carbocycles. The number of thioether (sulfide) groups is 1. The van der Waals surface area contributed by atoms with Crippen molar-refractivity contribution < 1.29 is 9.84 Å². The molecule has 3 heteroatoms. The van der Waals surface area contributed by atoms with Crippen molar-refractivity contribution in [1.29, 1.82) is 0 Å². The second-order valence-electron chi connectivity index (χ2n) is 2.33. The Labute approximate surface area is 59.6 Å². The van der Waals surface area contributed by atoms with Gasteiger partial charge < -0.3 is 9.84 Å². The summed E-state index contributed by atoms with van der Waals surface area (Å²) in [6.07, 6.45) is -0.347. The first kappa shape index (κ1) is 7.38. The van der Waals surface area contributed by atoms with Gasteiger partial charge in [-0.25, -0.2) is 0 Å². The fourth-order valence-corrected chi connectivity index (χ4v) is 1.65. The van der Waals surface area contributed by atoms with Crippen LogP contribution in [0.3, 0.4) is 0 Å². The highest BCUT2D eigenvalue weighted by molar-refractivity contribution is 8.00. The van der Waals surface area contributed by atoms with Gasteiger partial charge in [0.15, 0.2) is 6.29 Å². The van der Waals surface area contributed by atoms with Crippen molar-refractivity contribution in [2.45, 2.75) is 31.5 Å². The molecule has 1 N–H and O–H groups in total. The molecule has 54 valence electrons. The van der Waals surface area contributed by atoms with Crippen LogP contribution in [0.1, 0.15) is 13.8 Å². The van der Waals surface area contributed by atoms with Crippen LogP contribution in [0.15, 0.2) is 0 Å². The van der Waals surface area contributed by atoms with Gasteiger partial charge in [-0.05, 0) is 6.92 Å². The summed E-state index contributed by atoms with van der Waals surface area (Å²) in [4.78, 5) is 0. The predicted octanol–water partition coefficient (Wildman–Crippen LogP) is 0.845. The Bertz CT molecular complexity index is 97.1. The maximum absolute atomic E-state index is 8.95. The molecule has 3 unspecified atom stereocenters. The third-order valence-corrected chi connectivity index (χ3v) is 2.92. The van der Waals surface area contributed by atoms with E-state index in [2.05, 4.69) is 6.92 Å². The Morgan fingerprint density at radius 1 is 1.56 bits per heavy atom. The number of aliphatic hydroxyl groups is 1. The molecule has 1 aliphatic heterocycles. The first-order chi connectivity index (χ1) is 4.20. The average molecular weight is 148 g/mol. The topological polar surface area (TPSA) is 29.5 Å². The zero-order chi connectivity index (χ0) is 6.85. The van der Waals surface area contributed by atoms with E-state index >= 15 is 0 Å². The molecule has 0 bridgehead atoms. The van der Waals surface area contributed by atoms with E-state index in [1.807, 2.05) is 6.92 Å². The fourth-order valence-electron chi connectivity index (χ4n) is 0.767. The maximum atomic E-state index is 8.95. The lowest BCUT2D eigenvalue weighted by Gasteiger charge is -2.28. The minimum atomic E-state index is -0.541. The maximum Gasteiger partial charge on any atom is 0.164 e. The summed E-state index contributed by atoms with van der Waals surface area (Å²) in [6, 6.07) is 0. The van der Waals surface area contributed by atoms with Gasteiger partial charge in [0, 0.05) is 11.0 Å². The smallest absolute Gasteiger partial charge is 0.164 e. The van der Waals surface area contributed by atoms with Crippen molar-refractivity contribution in [3.8, 4) is 0 Å². The Balaban J connectivity index is 2.35. The normalized spacial score (nSPS) is 45.0. The number of hydrogen-bond acceptors (Lipinski definition) is 3. The molecule has 3 atom stereocenters. The average Bonchev–Trinajstić information content (AvgIpc) is 1.80. The van der Waals surface area contributed by atoms with E-state index in [-0.39, 0.29) is 6.10 Å². The van der Waals surface area contributed by atoms with Gasteiger partial charge in [-0.15, -0.1) is 0 Å². The van der Waals surface area contributed by atoms with Crippen LogP contribution < -0.4 is 0 Å². The van der Waals surface area contributed by atoms with Gasteiger partial charge in [-0.1, -0.05) is 6.92 Å². The number of aliphatic hydroxyl groups excluding tert-OH is 1. The summed E-state index contributed by atoms with van der Waals surface area (Å²) < 4.78 is 5.13. The van der Waals surface area contributed by atoms with Crippen LogP contribution >= 0.6 is 11.8 Å². The molecule has 0 aromatic rings. The van der Waals surface area contributed by atoms with Crippen molar-refractivity contribution in [3.63, 3.8) is 0 Å². The highest BCUT2D eigenvalue weighted by Gasteiger charge is 2.23. The first-order valence-corrected chi connectivity index (χ1v) is 4.20. The number of ether oxygens (including phenoxy) is 1. The Hall–Kier alpha value is 0.270. The third kappa shape index (κ3) is 1.85. The van der Waals surface area contributed by atoms with Gasteiger partial charge in [0.2, 0.25) is 0 Å². The van der Waals surface area contributed by atoms with Gasteiger partial charge >= 0.3 is 0 Å². The standard InChI is InChI=1S/C6H12O2S/c1-4-5(2)9-3-6(7)8-4/h4-7H,3H2,1-2H3. The lowest BCUT2D eigenvalue weighted by Crippen LogP contribution is -2.34. The van der Waals surface area contributed by atoms with Gasteiger partial charge in [0.05, 0.1) is 6.10 Å². The Kier molecular flexibility index (Phi) is 2.38. The number of rotatable bonds is 0. The molecule has 0 radical (unpaired) electrons. The Morgan fingerprint density at radius 3 is 2.67 bits per heavy atom. The fraction of sp³-hybridized carbons (Fsp3) is 1.00. The molecule has 1 aliphatic rings. The van der Waals surface area contributed by atoms with Crippen molar-refractivity contribution in [2.24, 2.45) is 0 Å². The van der Waals surface area contributed by atoms with E-state index in [4.69, 9.17) is 9.84 Å². The van der Waals surface area contributed by atoms with Crippen molar-refractivity contribution in [3.05, 3.63) is 0 Å². The molecule has 0 saturated carbocycles. The highest BCUT2D eigenvalue weighted by atomic mass is 32.2. The highest BCUT2D eigenvalue weighted by Crippen LogP contribution is 2.23. The molecule has 1 heterocycles. The summed E-state index contributed by atoms with van der Waals surface area (Å²) in [5, 5.41) is 9.48. The summed E-state index contributed by atoms with van der Waals surface area (Å²) in [5.41, 5.74) is 0. The van der Waals surface area contributed by atoms with Gasteiger partial charge in [-0.2, -0.15) is 11.8 Å². The van der Waals surface area contributed by atoms with E-state index in [0.29, 0.717) is 11.0 Å². The molecular weight excluding hydrogens is 136 g/mol. The van der Waals surface area contributed by atoms with E-state index < -0.39 is 6.29 Å². The van der Waals surface area contributed by atoms with Crippen LogP contribution in [0.4, 0.5) is 0 Å². The van der Waals surface area contributed by atoms with E-state index in [0.717, 1.165) is 0 Å². The molecule has 0 aromatic carbocycles. The van der Waals surface area contributed by atoms with E-state index in [1.165, 1.54) is 0 Å². The Morgan fingerprint density at radius 2 is 2.22 bits per heavy atom.